The average molecular weight is 784 g/mol. The van der Waals surface area contributed by atoms with Crippen LogP contribution < -0.4 is 5.32 Å². The molecule has 2 saturated heterocycles. The van der Waals surface area contributed by atoms with Crippen LogP contribution in [0.15, 0.2) is 121 Å². The molecule has 6 rings (SSSR count). The van der Waals surface area contributed by atoms with Gasteiger partial charge in [-0.1, -0.05) is 121 Å². The summed E-state index contributed by atoms with van der Waals surface area (Å²) in [7, 11) is 1.47. The van der Waals surface area contributed by atoms with E-state index in [2.05, 4.69) is 5.32 Å². The van der Waals surface area contributed by atoms with E-state index in [1.165, 1.54) is 21.0 Å². The van der Waals surface area contributed by atoms with Gasteiger partial charge in [-0.05, 0) is 29.2 Å². The molecule has 2 heterocycles. The second-order valence-corrected chi connectivity index (χ2v) is 14.2. The predicted octanol–water partition coefficient (Wildman–Crippen LogP) is 5.90. The molecule has 304 valence electrons. The van der Waals surface area contributed by atoms with Crippen LogP contribution in [0, 0.1) is 0 Å². The van der Waals surface area contributed by atoms with Crippen molar-refractivity contribution < 1.29 is 52.2 Å². The lowest BCUT2D eigenvalue weighted by Crippen LogP contribution is -2.68. The highest BCUT2D eigenvalue weighted by atomic mass is 16.7. The first-order valence-corrected chi connectivity index (χ1v) is 19.3. The molecule has 0 spiro atoms. The Balaban J connectivity index is 1.34. The van der Waals surface area contributed by atoms with Crippen LogP contribution in [0.4, 0.5) is 0 Å². The van der Waals surface area contributed by atoms with Crippen LogP contribution in [-0.2, 0) is 78.6 Å². The largest absolute Gasteiger partial charge is 0.457 e. The summed E-state index contributed by atoms with van der Waals surface area (Å²) in [5.41, 5.74) is 3.83. The normalized spacial score (nSPS) is 27.4. The molecule has 57 heavy (non-hydrogen) atoms. The standard InChI is InChI=1S/C45H53NO11/c1-30-39(51-26-34-19-11-6-12-20-34)42(52-27-35-21-13-7-14-22-35)43(53-28-36-23-15-8-16-24-36)45(54-30)57-41-38(46-31(2)47)44(49-4)56-37(40(41)55-32(3)48)29-50-25-33-17-9-5-10-18-33/h5-24,30,37-45H,25-29H2,1-4H3,(H,46,47)/t30-,37+,38+,39+,40+,41+,42+,43-,44-,45+/m0/s1. The minimum atomic E-state index is -1.11. The first kappa shape index (κ1) is 42.1. The fourth-order valence-electron chi connectivity index (χ4n) is 7.12. The predicted molar refractivity (Wildman–Crippen MR) is 209 cm³/mol. The molecule has 2 aliphatic rings. The molecule has 2 aliphatic heterocycles. The van der Waals surface area contributed by atoms with Crippen LogP contribution in [-0.4, -0.2) is 86.9 Å². The molecule has 0 unspecified atom stereocenters. The maximum absolute atomic E-state index is 12.8. The van der Waals surface area contributed by atoms with Gasteiger partial charge in [0.15, 0.2) is 18.7 Å². The molecular weight excluding hydrogens is 730 g/mol. The van der Waals surface area contributed by atoms with Crippen LogP contribution in [0.2, 0.25) is 0 Å². The summed E-state index contributed by atoms with van der Waals surface area (Å²) in [6.07, 6.45) is -7.83. The number of hydrogen-bond donors (Lipinski definition) is 1. The summed E-state index contributed by atoms with van der Waals surface area (Å²) in [6, 6.07) is 38.2. The van der Waals surface area contributed by atoms with E-state index in [9.17, 15) is 9.59 Å². The number of carbonyl (C=O) groups excluding carboxylic acids is 2. The Hall–Kier alpha value is -4.50. The zero-order valence-corrected chi connectivity index (χ0v) is 32.8. The fourth-order valence-corrected chi connectivity index (χ4v) is 7.12. The number of amides is 1. The van der Waals surface area contributed by atoms with E-state index in [0.29, 0.717) is 6.61 Å². The topological polar surface area (TPSA) is 129 Å². The molecule has 0 bridgehead atoms. The fraction of sp³-hybridized carbons (Fsp3) is 0.422. The molecule has 0 aliphatic carbocycles. The van der Waals surface area contributed by atoms with Crippen molar-refractivity contribution in [3.8, 4) is 0 Å². The van der Waals surface area contributed by atoms with E-state index in [1.54, 1.807) is 0 Å². The van der Waals surface area contributed by atoms with Gasteiger partial charge in [-0.15, -0.1) is 0 Å². The Bertz CT molecular complexity index is 1780. The van der Waals surface area contributed by atoms with Crippen LogP contribution in [0.5, 0.6) is 0 Å². The van der Waals surface area contributed by atoms with E-state index < -0.39 is 67.3 Å². The van der Waals surface area contributed by atoms with Crippen LogP contribution in [0.1, 0.15) is 43.0 Å². The molecule has 10 atom stereocenters. The quantitative estimate of drug-likeness (QED) is 0.121. The second-order valence-electron chi connectivity index (χ2n) is 14.2. The van der Waals surface area contributed by atoms with Gasteiger partial charge in [0, 0.05) is 21.0 Å². The van der Waals surface area contributed by atoms with Crippen LogP contribution >= 0.6 is 0 Å². The van der Waals surface area contributed by atoms with Crippen molar-refractivity contribution in [2.45, 2.75) is 109 Å². The summed E-state index contributed by atoms with van der Waals surface area (Å²) in [5, 5.41) is 2.92. The lowest BCUT2D eigenvalue weighted by Gasteiger charge is -2.49. The lowest BCUT2D eigenvalue weighted by molar-refractivity contribution is -0.354. The molecule has 12 nitrogen and oxygen atoms in total. The summed E-state index contributed by atoms with van der Waals surface area (Å²) >= 11 is 0. The first-order valence-electron chi connectivity index (χ1n) is 19.3. The van der Waals surface area contributed by atoms with Gasteiger partial charge >= 0.3 is 5.97 Å². The zero-order chi connectivity index (χ0) is 40.0. The third-order valence-corrected chi connectivity index (χ3v) is 9.82. The Labute approximate surface area is 334 Å². The number of benzene rings is 4. The van der Waals surface area contributed by atoms with Crippen LogP contribution in [0.25, 0.3) is 0 Å². The van der Waals surface area contributed by atoms with E-state index >= 15 is 0 Å². The van der Waals surface area contributed by atoms with Crippen LogP contribution in [0.3, 0.4) is 0 Å². The minimum absolute atomic E-state index is 0.0213. The maximum atomic E-state index is 12.8. The summed E-state index contributed by atoms with van der Waals surface area (Å²) in [4.78, 5) is 25.5. The molecule has 4 aromatic rings. The van der Waals surface area contributed by atoms with Crippen molar-refractivity contribution in [3.05, 3.63) is 144 Å². The summed E-state index contributed by atoms with van der Waals surface area (Å²) in [5.74, 6) is -0.941. The van der Waals surface area contributed by atoms with Gasteiger partial charge in [-0.3, -0.25) is 9.59 Å². The van der Waals surface area contributed by atoms with Gasteiger partial charge in [-0.2, -0.15) is 0 Å². The molecule has 12 heteroatoms. The van der Waals surface area contributed by atoms with Crippen molar-refractivity contribution in [3.63, 3.8) is 0 Å². The number of nitrogens with one attached hydrogen (secondary N) is 1. The Morgan fingerprint density at radius 3 is 1.53 bits per heavy atom. The number of rotatable bonds is 18. The van der Waals surface area contributed by atoms with Crippen molar-refractivity contribution in [2.75, 3.05) is 13.7 Å². The molecule has 0 saturated carbocycles. The second kappa shape index (κ2) is 21.3. The van der Waals surface area contributed by atoms with Gasteiger partial charge in [0.05, 0.1) is 39.1 Å². The summed E-state index contributed by atoms with van der Waals surface area (Å²) in [6.45, 7) is 5.66. The first-order chi connectivity index (χ1) is 27.8. The monoisotopic (exact) mass is 783 g/mol. The number of ether oxygens (including phenoxy) is 9. The van der Waals surface area contributed by atoms with Crippen molar-refractivity contribution >= 4 is 11.9 Å². The van der Waals surface area contributed by atoms with Gasteiger partial charge in [-0.25, -0.2) is 0 Å². The zero-order valence-electron chi connectivity index (χ0n) is 32.8. The average Bonchev–Trinajstić information content (AvgIpc) is 3.22. The van der Waals surface area contributed by atoms with Crippen molar-refractivity contribution in [1.29, 1.82) is 0 Å². The summed E-state index contributed by atoms with van der Waals surface area (Å²) < 4.78 is 58.0. The number of carbonyl (C=O) groups is 2. The van der Waals surface area contributed by atoms with Gasteiger partial charge in [0.25, 0.3) is 0 Å². The van der Waals surface area contributed by atoms with Gasteiger partial charge < -0.3 is 47.9 Å². The molecule has 4 aromatic carbocycles. The highest BCUT2D eigenvalue weighted by Gasteiger charge is 2.54. The Kier molecular flexibility index (Phi) is 15.7. The van der Waals surface area contributed by atoms with E-state index in [4.69, 9.17) is 42.6 Å². The molecule has 2 fully saturated rings. The smallest absolute Gasteiger partial charge is 0.303 e. The number of methoxy groups -OCH3 is 1. The molecule has 0 aromatic heterocycles. The number of hydrogen-bond acceptors (Lipinski definition) is 11. The van der Waals surface area contributed by atoms with Crippen molar-refractivity contribution in [2.24, 2.45) is 0 Å². The third-order valence-electron chi connectivity index (χ3n) is 9.82. The Morgan fingerprint density at radius 2 is 1.05 bits per heavy atom. The third kappa shape index (κ3) is 12.0. The molecule has 1 N–H and O–H groups in total. The maximum Gasteiger partial charge on any atom is 0.303 e. The lowest BCUT2D eigenvalue weighted by atomic mass is 9.94. The van der Waals surface area contributed by atoms with Gasteiger partial charge in [0.1, 0.15) is 36.6 Å². The van der Waals surface area contributed by atoms with E-state index in [1.807, 2.05) is 128 Å². The van der Waals surface area contributed by atoms with E-state index in [0.717, 1.165) is 22.3 Å². The molecular formula is C45H53NO11. The highest BCUT2D eigenvalue weighted by molar-refractivity contribution is 5.73. The minimum Gasteiger partial charge on any atom is -0.457 e. The number of esters is 1. The molecule has 0 radical (unpaired) electrons. The highest BCUT2D eigenvalue weighted by Crippen LogP contribution is 2.35. The van der Waals surface area contributed by atoms with Gasteiger partial charge in [0.2, 0.25) is 5.91 Å². The SMILES string of the molecule is CO[C@H]1O[C@H](COCc2ccccc2)[C@@H](OC(C)=O)[C@H](O[C@H]2O[C@@H](C)[C@@H](OCc3ccccc3)[C@@H](OCc3ccccc3)[C@@H]2OCc2ccccc2)[C@H]1NC(C)=O. The van der Waals surface area contributed by atoms with Crippen molar-refractivity contribution in [1.82, 2.24) is 5.32 Å². The Morgan fingerprint density at radius 1 is 0.579 bits per heavy atom. The van der Waals surface area contributed by atoms with E-state index in [-0.39, 0.29) is 32.3 Å². The molecule has 1 amide bonds.